The third-order valence-corrected chi connectivity index (χ3v) is 6.92. The van der Waals surface area contributed by atoms with E-state index in [9.17, 15) is 18.3 Å². The molecule has 0 aliphatic rings. The SMILES string of the molecule is CS(=O)(=O)c1ccc(-c2ccc3cc(O)ccc3c2Oc2ccc(OCCNCCOCC(=O)O)cc2)cc1. The lowest BCUT2D eigenvalue weighted by Crippen LogP contribution is -2.25. The van der Waals surface area contributed by atoms with Crippen LogP contribution in [-0.4, -0.2) is 63.8 Å². The number of fused-ring (bicyclic) bond motifs is 1. The number of sulfone groups is 1. The van der Waals surface area contributed by atoms with Crippen molar-refractivity contribution in [3.05, 3.63) is 78.9 Å². The molecule has 0 atom stereocenters. The third kappa shape index (κ3) is 7.70. The molecule has 0 spiro atoms. The van der Waals surface area contributed by atoms with Gasteiger partial charge in [0.15, 0.2) is 9.84 Å². The molecule has 0 saturated carbocycles. The molecule has 9 nitrogen and oxygen atoms in total. The molecule has 39 heavy (non-hydrogen) atoms. The van der Waals surface area contributed by atoms with Crippen molar-refractivity contribution in [2.75, 3.05) is 39.2 Å². The average molecular weight is 552 g/mol. The van der Waals surface area contributed by atoms with Crippen LogP contribution in [0.3, 0.4) is 0 Å². The first kappa shape index (κ1) is 27.9. The van der Waals surface area contributed by atoms with E-state index in [2.05, 4.69) is 5.32 Å². The van der Waals surface area contributed by atoms with Crippen molar-refractivity contribution >= 4 is 26.6 Å². The largest absolute Gasteiger partial charge is 0.508 e. The molecule has 4 rings (SSSR count). The Labute approximate surface area is 226 Å². The fourth-order valence-corrected chi connectivity index (χ4v) is 4.53. The molecule has 4 aromatic rings. The first-order valence-corrected chi connectivity index (χ1v) is 14.1. The molecule has 0 radical (unpaired) electrons. The van der Waals surface area contributed by atoms with Gasteiger partial charge in [0.05, 0.1) is 11.5 Å². The van der Waals surface area contributed by atoms with Crippen LogP contribution in [0.4, 0.5) is 0 Å². The molecule has 10 heteroatoms. The number of nitrogens with one attached hydrogen (secondary N) is 1. The molecule has 0 aliphatic heterocycles. The van der Waals surface area contributed by atoms with E-state index in [1.54, 1.807) is 66.7 Å². The van der Waals surface area contributed by atoms with E-state index in [1.165, 1.54) is 6.26 Å². The molecule has 0 saturated heterocycles. The summed E-state index contributed by atoms with van der Waals surface area (Å²) in [6.07, 6.45) is 1.17. The second-order valence-electron chi connectivity index (χ2n) is 8.76. The van der Waals surface area contributed by atoms with E-state index in [4.69, 9.17) is 19.3 Å². The van der Waals surface area contributed by atoms with Gasteiger partial charge in [-0.05, 0) is 71.6 Å². The number of aromatic hydroxyl groups is 1. The number of phenolic OH excluding ortho intramolecular Hbond substituents is 1. The molecule has 0 aliphatic carbocycles. The zero-order valence-corrected chi connectivity index (χ0v) is 22.1. The Morgan fingerprint density at radius 2 is 1.56 bits per heavy atom. The highest BCUT2D eigenvalue weighted by Crippen LogP contribution is 2.41. The van der Waals surface area contributed by atoms with Crippen molar-refractivity contribution in [2.45, 2.75) is 4.90 Å². The lowest BCUT2D eigenvalue weighted by atomic mass is 9.99. The summed E-state index contributed by atoms with van der Waals surface area (Å²) in [5.74, 6) is 0.950. The second-order valence-corrected chi connectivity index (χ2v) is 10.8. The van der Waals surface area contributed by atoms with Gasteiger partial charge in [-0.2, -0.15) is 0 Å². The van der Waals surface area contributed by atoms with Crippen LogP contribution in [0.25, 0.3) is 21.9 Å². The van der Waals surface area contributed by atoms with Gasteiger partial charge >= 0.3 is 5.97 Å². The highest BCUT2D eigenvalue weighted by molar-refractivity contribution is 7.90. The Balaban J connectivity index is 1.47. The van der Waals surface area contributed by atoms with Gasteiger partial charge in [0.2, 0.25) is 0 Å². The number of carboxylic acids is 1. The minimum absolute atomic E-state index is 0.141. The summed E-state index contributed by atoms with van der Waals surface area (Å²) >= 11 is 0. The molecule has 0 aromatic heterocycles. The van der Waals surface area contributed by atoms with E-state index in [-0.39, 0.29) is 17.3 Å². The quantitative estimate of drug-likeness (QED) is 0.206. The predicted octanol–water partition coefficient (Wildman–Crippen LogP) is 4.48. The first-order chi connectivity index (χ1) is 18.7. The van der Waals surface area contributed by atoms with Crippen LogP contribution in [0.5, 0.6) is 23.0 Å². The van der Waals surface area contributed by atoms with Gasteiger partial charge in [0.25, 0.3) is 0 Å². The van der Waals surface area contributed by atoms with Crippen molar-refractivity contribution in [2.24, 2.45) is 0 Å². The van der Waals surface area contributed by atoms with Gasteiger partial charge in [0, 0.05) is 30.3 Å². The fourth-order valence-electron chi connectivity index (χ4n) is 3.90. The van der Waals surface area contributed by atoms with Gasteiger partial charge < -0.3 is 29.7 Å². The Kier molecular flexibility index (Phi) is 9.03. The topological polar surface area (TPSA) is 131 Å². The van der Waals surface area contributed by atoms with Gasteiger partial charge in [-0.25, -0.2) is 13.2 Å². The van der Waals surface area contributed by atoms with Crippen LogP contribution in [0, 0.1) is 0 Å². The summed E-state index contributed by atoms with van der Waals surface area (Å²) in [4.78, 5) is 10.6. The maximum atomic E-state index is 11.9. The lowest BCUT2D eigenvalue weighted by molar-refractivity contribution is -0.142. The van der Waals surface area contributed by atoms with Crippen molar-refractivity contribution in [3.8, 4) is 34.1 Å². The smallest absolute Gasteiger partial charge is 0.329 e. The molecular weight excluding hydrogens is 522 g/mol. The standard InChI is InChI=1S/C29H29NO8S/c1-39(34,35)25-10-2-20(3-11-25)26-12-4-21-18-22(31)5-13-27(21)29(26)38-24-8-6-23(7-9-24)37-17-15-30-14-16-36-19-28(32)33/h2-13,18,30-31H,14-17,19H2,1H3,(H,32,33). The zero-order valence-electron chi connectivity index (χ0n) is 21.3. The Bertz CT molecular complexity index is 1530. The molecule has 0 fully saturated rings. The minimum Gasteiger partial charge on any atom is -0.508 e. The minimum atomic E-state index is -3.32. The normalized spacial score (nSPS) is 11.4. The summed E-state index contributed by atoms with van der Waals surface area (Å²) in [6, 6.07) is 22.6. The van der Waals surface area contributed by atoms with Crippen LogP contribution in [0.1, 0.15) is 0 Å². The fraction of sp³-hybridized carbons (Fsp3) is 0.207. The van der Waals surface area contributed by atoms with Crippen molar-refractivity contribution < 1.29 is 37.6 Å². The lowest BCUT2D eigenvalue weighted by Gasteiger charge is -2.16. The predicted molar refractivity (Wildman–Crippen MR) is 147 cm³/mol. The summed E-state index contributed by atoms with van der Waals surface area (Å²) in [5.41, 5.74) is 1.56. The van der Waals surface area contributed by atoms with E-state index < -0.39 is 15.8 Å². The number of carbonyl (C=O) groups is 1. The zero-order chi connectivity index (χ0) is 27.8. The Morgan fingerprint density at radius 1 is 0.872 bits per heavy atom. The van der Waals surface area contributed by atoms with Gasteiger partial charge in [0.1, 0.15) is 36.2 Å². The number of aliphatic carboxylic acids is 1. The van der Waals surface area contributed by atoms with Crippen LogP contribution in [-0.2, 0) is 19.4 Å². The number of rotatable bonds is 13. The molecule has 204 valence electrons. The van der Waals surface area contributed by atoms with Gasteiger partial charge in [-0.3, -0.25) is 0 Å². The summed E-state index contributed by atoms with van der Waals surface area (Å²) < 4.78 is 40.8. The second kappa shape index (κ2) is 12.6. The van der Waals surface area contributed by atoms with E-state index >= 15 is 0 Å². The number of benzene rings is 4. The maximum absolute atomic E-state index is 11.9. The highest BCUT2D eigenvalue weighted by Gasteiger charge is 2.15. The van der Waals surface area contributed by atoms with Crippen LogP contribution >= 0.6 is 0 Å². The van der Waals surface area contributed by atoms with Crippen molar-refractivity contribution in [1.82, 2.24) is 5.32 Å². The molecule has 0 bridgehead atoms. The van der Waals surface area contributed by atoms with Crippen molar-refractivity contribution in [3.63, 3.8) is 0 Å². The van der Waals surface area contributed by atoms with Crippen LogP contribution in [0.2, 0.25) is 0 Å². The summed E-state index contributed by atoms with van der Waals surface area (Å²) in [6.45, 7) is 1.49. The maximum Gasteiger partial charge on any atom is 0.329 e. The first-order valence-electron chi connectivity index (χ1n) is 12.2. The number of carboxylic acid groups (broad SMARTS) is 1. The van der Waals surface area contributed by atoms with Crippen LogP contribution in [0.15, 0.2) is 83.8 Å². The van der Waals surface area contributed by atoms with E-state index in [0.717, 1.165) is 21.9 Å². The highest BCUT2D eigenvalue weighted by atomic mass is 32.2. The van der Waals surface area contributed by atoms with E-state index in [0.29, 0.717) is 43.6 Å². The number of ether oxygens (including phenoxy) is 3. The molecule has 0 heterocycles. The molecule has 0 amide bonds. The van der Waals surface area contributed by atoms with Gasteiger partial charge in [-0.1, -0.05) is 18.2 Å². The summed E-state index contributed by atoms with van der Waals surface area (Å²) in [5, 5.41) is 23.2. The molecular formula is C29H29NO8S. The third-order valence-electron chi connectivity index (χ3n) is 5.79. The van der Waals surface area contributed by atoms with E-state index in [1.807, 2.05) is 12.1 Å². The molecule has 4 aromatic carbocycles. The molecule has 3 N–H and O–H groups in total. The summed E-state index contributed by atoms with van der Waals surface area (Å²) in [7, 11) is -3.32. The Morgan fingerprint density at radius 3 is 2.26 bits per heavy atom. The van der Waals surface area contributed by atoms with Gasteiger partial charge in [-0.15, -0.1) is 0 Å². The average Bonchev–Trinajstić information content (AvgIpc) is 2.90. The Hall–Kier alpha value is -4.12. The number of phenols is 1. The number of hydrogen-bond donors (Lipinski definition) is 3. The molecule has 0 unspecified atom stereocenters. The van der Waals surface area contributed by atoms with Crippen molar-refractivity contribution in [1.29, 1.82) is 0 Å². The van der Waals surface area contributed by atoms with Crippen LogP contribution < -0.4 is 14.8 Å². The monoisotopic (exact) mass is 551 g/mol. The number of hydrogen-bond acceptors (Lipinski definition) is 8.